The Bertz CT molecular complexity index is 836. The molecule has 0 bridgehead atoms. The lowest BCUT2D eigenvalue weighted by Gasteiger charge is -2.31. The molecule has 0 spiro atoms. The Morgan fingerprint density at radius 1 is 1.17 bits per heavy atom. The van der Waals surface area contributed by atoms with E-state index in [1.165, 1.54) is 24.3 Å². The molecule has 2 amide bonds. The molecule has 1 heterocycles. The van der Waals surface area contributed by atoms with Crippen molar-refractivity contribution in [3.05, 3.63) is 29.8 Å². The lowest BCUT2D eigenvalue weighted by atomic mass is 9.95. The van der Waals surface area contributed by atoms with Crippen LogP contribution in [0.15, 0.2) is 29.2 Å². The van der Waals surface area contributed by atoms with Crippen molar-refractivity contribution >= 4 is 21.8 Å². The number of nitrogens with zero attached hydrogens (tertiary/aromatic N) is 1. The van der Waals surface area contributed by atoms with Crippen molar-refractivity contribution in [1.29, 1.82) is 0 Å². The van der Waals surface area contributed by atoms with Crippen LogP contribution in [0.1, 0.15) is 49.4 Å². The van der Waals surface area contributed by atoms with Gasteiger partial charge in [-0.05, 0) is 43.5 Å². The summed E-state index contributed by atoms with van der Waals surface area (Å²) in [6.07, 6.45) is 9.55. The summed E-state index contributed by atoms with van der Waals surface area (Å²) in [6, 6.07) is 5.78. The van der Waals surface area contributed by atoms with E-state index in [9.17, 15) is 18.0 Å². The third kappa shape index (κ3) is 6.58. The van der Waals surface area contributed by atoms with Crippen LogP contribution in [0.3, 0.4) is 0 Å². The Balaban J connectivity index is 1.87. The number of likely N-dealkylation sites (tertiary alicyclic amines) is 1. The predicted octanol–water partition coefficient (Wildman–Crippen LogP) is 1.76. The fourth-order valence-electron chi connectivity index (χ4n) is 3.25. The third-order valence-electron chi connectivity index (χ3n) is 5.01. The number of unbranched alkanes of at least 4 members (excludes halogenated alkanes) is 2. The summed E-state index contributed by atoms with van der Waals surface area (Å²) in [6.45, 7) is 3.75. The van der Waals surface area contributed by atoms with E-state index in [2.05, 4.69) is 22.9 Å². The van der Waals surface area contributed by atoms with Crippen LogP contribution in [-0.2, 0) is 14.8 Å². The normalized spacial score (nSPS) is 15.0. The highest BCUT2D eigenvalue weighted by Crippen LogP contribution is 2.20. The van der Waals surface area contributed by atoms with E-state index in [-0.39, 0.29) is 29.2 Å². The highest BCUT2D eigenvalue weighted by Gasteiger charge is 2.27. The summed E-state index contributed by atoms with van der Waals surface area (Å²) >= 11 is 0. The Morgan fingerprint density at radius 3 is 2.41 bits per heavy atom. The zero-order valence-corrected chi connectivity index (χ0v) is 17.6. The Kier molecular flexibility index (Phi) is 8.68. The standard InChI is InChI=1S/C21H29N3O4S/c1-3-5-6-14-22-20(25)17-11-15-24(16-12-17)21(26)18-7-9-19(10-8-18)29(27,28)23-13-4-2/h2,7-10,17,23H,3,5-6,11-16H2,1H3,(H,22,25). The largest absolute Gasteiger partial charge is 0.356 e. The van der Waals surface area contributed by atoms with Crippen LogP contribution in [0.5, 0.6) is 0 Å². The third-order valence-corrected chi connectivity index (χ3v) is 6.43. The number of benzene rings is 1. The number of nitrogens with one attached hydrogen (secondary N) is 2. The fourth-order valence-corrected chi connectivity index (χ4v) is 4.19. The van der Waals surface area contributed by atoms with Gasteiger partial charge in [-0.3, -0.25) is 9.59 Å². The van der Waals surface area contributed by atoms with Crippen LogP contribution in [0.4, 0.5) is 0 Å². The highest BCUT2D eigenvalue weighted by molar-refractivity contribution is 7.89. The molecule has 7 nitrogen and oxygen atoms in total. The number of terminal acetylenes is 1. The first-order chi connectivity index (χ1) is 13.9. The van der Waals surface area contributed by atoms with Gasteiger partial charge in [-0.15, -0.1) is 6.42 Å². The van der Waals surface area contributed by atoms with Crippen molar-refractivity contribution in [2.24, 2.45) is 5.92 Å². The van der Waals surface area contributed by atoms with Crippen molar-refractivity contribution in [2.75, 3.05) is 26.2 Å². The molecule has 0 saturated carbocycles. The van der Waals surface area contributed by atoms with Crippen LogP contribution in [0.2, 0.25) is 0 Å². The molecule has 8 heteroatoms. The Hall–Kier alpha value is -2.37. The number of piperidine rings is 1. The van der Waals surface area contributed by atoms with Gasteiger partial charge in [0.05, 0.1) is 11.4 Å². The van der Waals surface area contributed by atoms with Gasteiger partial charge in [0.1, 0.15) is 0 Å². The van der Waals surface area contributed by atoms with Gasteiger partial charge in [-0.2, -0.15) is 4.72 Å². The van der Waals surface area contributed by atoms with E-state index < -0.39 is 10.0 Å². The molecule has 1 fully saturated rings. The number of hydrogen-bond donors (Lipinski definition) is 2. The minimum atomic E-state index is -3.68. The van der Waals surface area contributed by atoms with E-state index in [4.69, 9.17) is 6.42 Å². The summed E-state index contributed by atoms with van der Waals surface area (Å²) in [5.41, 5.74) is 0.420. The second-order valence-corrected chi connectivity index (χ2v) is 8.88. The second kappa shape index (κ2) is 11.0. The van der Waals surface area contributed by atoms with Gasteiger partial charge < -0.3 is 10.2 Å². The number of carbonyl (C=O) groups is 2. The van der Waals surface area contributed by atoms with Crippen LogP contribution in [0, 0.1) is 18.3 Å². The lowest BCUT2D eigenvalue weighted by molar-refractivity contribution is -0.126. The first-order valence-electron chi connectivity index (χ1n) is 9.99. The number of hydrogen-bond acceptors (Lipinski definition) is 4. The van der Waals surface area contributed by atoms with Crippen molar-refractivity contribution in [3.63, 3.8) is 0 Å². The van der Waals surface area contributed by atoms with E-state index in [1.807, 2.05) is 0 Å². The van der Waals surface area contributed by atoms with Crippen LogP contribution in [-0.4, -0.2) is 51.3 Å². The topological polar surface area (TPSA) is 95.6 Å². The molecule has 0 radical (unpaired) electrons. The molecule has 2 rings (SSSR count). The summed E-state index contributed by atoms with van der Waals surface area (Å²) < 4.78 is 26.4. The molecule has 1 aromatic rings. The molecule has 0 unspecified atom stereocenters. The molecule has 1 saturated heterocycles. The summed E-state index contributed by atoms with van der Waals surface area (Å²) in [7, 11) is -3.68. The van der Waals surface area contributed by atoms with Gasteiger partial charge in [-0.25, -0.2) is 8.42 Å². The van der Waals surface area contributed by atoms with Crippen LogP contribution < -0.4 is 10.0 Å². The first kappa shape index (κ1) is 22.9. The van der Waals surface area contributed by atoms with Gasteiger partial charge in [-0.1, -0.05) is 25.7 Å². The zero-order chi connectivity index (χ0) is 21.3. The molecule has 158 valence electrons. The van der Waals surface area contributed by atoms with Crippen molar-refractivity contribution in [3.8, 4) is 12.3 Å². The van der Waals surface area contributed by atoms with E-state index in [1.54, 1.807) is 4.90 Å². The number of rotatable bonds is 9. The number of sulfonamides is 1. The number of carbonyl (C=O) groups excluding carboxylic acids is 2. The molecule has 0 aromatic heterocycles. The maximum atomic E-state index is 12.7. The van der Waals surface area contributed by atoms with Gasteiger partial charge in [0.2, 0.25) is 15.9 Å². The van der Waals surface area contributed by atoms with Crippen molar-refractivity contribution < 1.29 is 18.0 Å². The maximum Gasteiger partial charge on any atom is 0.253 e. The monoisotopic (exact) mass is 419 g/mol. The summed E-state index contributed by atoms with van der Waals surface area (Å²) in [5, 5.41) is 2.98. The Morgan fingerprint density at radius 2 is 1.83 bits per heavy atom. The molecule has 1 aromatic carbocycles. The lowest BCUT2D eigenvalue weighted by Crippen LogP contribution is -2.43. The summed E-state index contributed by atoms with van der Waals surface area (Å²) in [4.78, 5) is 26.7. The predicted molar refractivity (Wildman–Crippen MR) is 112 cm³/mol. The second-order valence-electron chi connectivity index (χ2n) is 7.12. The summed E-state index contributed by atoms with van der Waals surface area (Å²) in [5.74, 6) is 2.07. The van der Waals surface area contributed by atoms with E-state index >= 15 is 0 Å². The fraction of sp³-hybridized carbons (Fsp3) is 0.524. The number of amides is 2. The van der Waals surface area contributed by atoms with E-state index in [0.717, 1.165) is 19.3 Å². The van der Waals surface area contributed by atoms with Crippen LogP contribution >= 0.6 is 0 Å². The highest BCUT2D eigenvalue weighted by atomic mass is 32.2. The first-order valence-corrected chi connectivity index (χ1v) is 11.5. The Labute approximate surface area is 173 Å². The van der Waals surface area contributed by atoms with Crippen LogP contribution in [0.25, 0.3) is 0 Å². The molecule has 0 aliphatic carbocycles. The van der Waals surface area contributed by atoms with Gasteiger partial charge in [0, 0.05) is 31.1 Å². The SMILES string of the molecule is C#CCNS(=O)(=O)c1ccc(C(=O)N2CCC(C(=O)NCCCCC)CC2)cc1. The molecule has 2 N–H and O–H groups in total. The van der Waals surface area contributed by atoms with Gasteiger partial charge in [0.15, 0.2) is 0 Å². The minimum Gasteiger partial charge on any atom is -0.356 e. The molecule has 29 heavy (non-hydrogen) atoms. The minimum absolute atomic E-state index is 0.0581. The molecule has 1 aliphatic heterocycles. The average molecular weight is 420 g/mol. The molecular weight excluding hydrogens is 390 g/mol. The van der Waals surface area contributed by atoms with Gasteiger partial charge >= 0.3 is 0 Å². The van der Waals surface area contributed by atoms with E-state index in [0.29, 0.717) is 38.0 Å². The molecular formula is C21H29N3O4S. The average Bonchev–Trinajstić information content (AvgIpc) is 2.75. The quantitative estimate of drug-likeness (QED) is 0.471. The van der Waals surface area contributed by atoms with Crippen molar-refractivity contribution in [1.82, 2.24) is 14.9 Å². The molecule has 1 aliphatic rings. The van der Waals surface area contributed by atoms with Crippen molar-refractivity contribution in [2.45, 2.75) is 43.9 Å². The zero-order valence-electron chi connectivity index (χ0n) is 16.8. The maximum absolute atomic E-state index is 12.7. The molecule has 0 atom stereocenters. The van der Waals surface area contributed by atoms with Gasteiger partial charge in [0.25, 0.3) is 5.91 Å². The smallest absolute Gasteiger partial charge is 0.253 e.